The van der Waals surface area contributed by atoms with Gasteiger partial charge in [0.1, 0.15) is 5.69 Å². The predicted molar refractivity (Wildman–Crippen MR) is 67.4 cm³/mol. The number of aliphatic hydroxyl groups is 1. The predicted octanol–water partition coefficient (Wildman–Crippen LogP) is 1.56. The Kier molecular flexibility index (Phi) is 3.68. The van der Waals surface area contributed by atoms with Crippen LogP contribution in [0.2, 0.25) is 5.02 Å². The molecule has 0 radical (unpaired) electrons. The van der Waals surface area contributed by atoms with Crippen LogP contribution >= 0.6 is 11.6 Å². The molecule has 6 nitrogen and oxygen atoms in total. The molecule has 1 atom stereocenters. The zero-order valence-electron chi connectivity index (χ0n) is 10.6. The standard InChI is InChI=1S/C11H16ClN5O/c1-4-17-10(11(12)7(2)14-17)6-16-5-9(8(3)18)13-15-16/h5,8,18H,4,6H2,1-3H3. The molecule has 0 amide bonds. The molecule has 0 saturated carbocycles. The number of halogens is 1. The summed E-state index contributed by atoms with van der Waals surface area (Å²) in [4.78, 5) is 0. The van der Waals surface area contributed by atoms with E-state index in [0.717, 1.165) is 17.9 Å². The lowest BCUT2D eigenvalue weighted by molar-refractivity contribution is 0.194. The molecule has 0 aliphatic carbocycles. The van der Waals surface area contributed by atoms with Crippen LogP contribution in [0.1, 0.15) is 37.0 Å². The maximum absolute atomic E-state index is 9.40. The smallest absolute Gasteiger partial charge is 0.111 e. The molecule has 0 saturated heterocycles. The van der Waals surface area contributed by atoms with Crippen molar-refractivity contribution in [3.63, 3.8) is 0 Å². The van der Waals surface area contributed by atoms with Crippen LogP contribution in [0.25, 0.3) is 0 Å². The molecule has 2 rings (SSSR count). The van der Waals surface area contributed by atoms with Gasteiger partial charge < -0.3 is 5.11 Å². The van der Waals surface area contributed by atoms with Crippen molar-refractivity contribution in [3.8, 4) is 0 Å². The van der Waals surface area contributed by atoms with Gasteiger partial charge in [0.05, 0.1) is 35.3 Å². The first kappa shape index (κ1) is 13.0. The fraction of sp³-hybridized carbons (Fsp3) is 0.545. The van der Waals surface area contributed by atoms with Crippen molar-refractivity contribution in [2.45, 2.75) is 40.0 Å². The van der Waals surface area contributed by atoms with Gasteiger partial charge in [-0.3, -0.25) is 4.68 Å². The zero-order valence-corrected chi connectivity index (χ0v) is 11.4. The summed E-state index contributed by atoms with van der Waals surface area (Å²) in [5, 5.41) is 22.3. The Balaban J connectivity index is 2.27. The van der Waals surface area contributed by atoms with E-state index in [1.165, 1.54) is 0 Å². The summed E-state index contributed by atoms with van der Waals surface area (Å²) in [6.45, 7) is 6.78. The highest BCUT2D eigenvalue weighted by atomic mass is 35.5. The lowest BCUT2D eigenvalue weighted by atomic mass is 10.3. The molecule has 0 aliphatic rings. The topological polar surface area (TPSA) is 68.8 Å². The van der Waals surface area contributed by atoms with Gasteiger partial charge in [0.25, 0.3) is 0 Å². The molecule has 2 aromatic heterocycles. The van der Waals surface area contributed by atoms with Crippen molar-refractivity contribution < 1.29 is 5.11 Å². The number of hydrogen-bond acceptors (Lipinski definition) is 4. The van der Waals surface area contributed by atoms with Crippen molar-refractivity contribution in [2.24, 2.45) is 0 Å². The molecule has 98 valence electrons. The van der Waals surface area contributed by atoms with Gasteiger partial charge in [-0.1, -0.05) is 16.8 Å². The summed E-state index contributed by atoms with van der Waals surface area (Å²) >= 11 is 6.22. The SMILES string of the molecule is CCn1nc(C)c(Cl)c1Cn1cc(C(C)O)nn1. The Morgan fingerprint density at radius 2 is 2.22 bits per heavy atom. The largest absolute Gasteiger partial charge is 0.387 e. The second kappa shape index (κ2) is 5.07. The minimum Gasteiger partial charge on any atom is -0.387 e. The highest BCUT2D eigenvalue weighted by molar-refractivity contribution is 6.31. The Labute approximate surface area is 110 Å². The summed E-state index contributed by atoms with van der Waals surface area (Å²) in [7, 11) is 0. The molecular formula is C11H16ClN5O. The second-order valence-electron chi connectivity index (χ2n) is 4.18. The Hall–Kier alpha value is -1.40. The first-order valence-corrected chi connectivity index (χ1v) is 6.20. The molecule has 18 heavy (non-hydrogen) atoms. The van der Waals surface area contributed by atoms with E-state index < -0.39 is 6.10 Å². The van der Waals surface area contributed by atoms with Crippen molar-refractivity contribution in [1.82, 2.24) is 24.8 Å². The molecule has 2 heterocycles. The normalized spacial score (nSPS) is 12.9. The maximum Gasteiger partial charge on any atom is 0.111 e. The number of aryl methyl sites for hydroxylation is 2. The summed E-state index contributed by atoms with van der Waals surface area (Å²) in [5.74, 6) is 0. The summed E-state index contributed by atoms with van der Waals surface area (Å²) in [6, 6.07) is 0. The summed E-state index contributed by atoms with van der Waals surface area (Å²) in [6.07, 6.45) is 1.09. The number of nitrogens with zero attached hydrogens (tertiary/aromatic N) is 5. The quantitative estimate of drug-likeness (QED) is 0.915. The minimum atomic E-state index is -0.618. The van der Waals surface area contributed by atoms with Gasteiger partial charge in [-0.25, -0.2) is 4.68 Å². The van der Waals surface area contributed by atoms with Crippen molar-refractivity contribution in [1.29, 1.82) is 0 Å². The van der Waals surface area contributed by atoms with Crippen LogP contribution in [-0.2, 0) is 13.1 Å². The van der Waals surface area contributed by atoms with Crippen LogP contribution in [-0.4, -0.2) is 29.9 Å². The third-order valence-electron chi connectivity index (χ3n) is 2.75. The highest BCUT2D eigenvalue weighted by Gasteiger charge is 2.14. The first-order valence-electron chi connectivity index (χ1n) is 5.82. The molecule has 2 aromatic rings. The van der Waals surface area contributed by atoms with Gasteiger partial charge in [-0.05, 0) is 20.8 Å². The number of aromatic nitrogens is 5. The van der Waals surface area contributed by atoms with Crippen molar-refractivity contribution in [3.05, 3.63) is 28.3 Å². The zero-order chi connectivity index (χ0) is 13.3. The molecular weight excluding hydrogens is 254 g/mol. The van der Waals surface area contributed by atoms with Gasteiger partial charge in [-0.2, -0.15) is 5.10 Å². The van der Waals surface area contributed by atoms with Crippen LogP contribution < -0.4 is 0 Å². The van der Waals surface area contributed by atoms with Crippen LogP contribution in [0, 0.1) is 6.92 Å². The molecule has 7 heteroatoms. The lowest BCUT2D eigenvalue weighted by Gasteiger charge is -2.04. The van der Waals surface area contributed by atoms with Gasteiger partial charge in [-0.15, -0.1) is 5.10 Å². The fourth-order valence-corrected chi connectivity index (χ4v) is 1.95. The average molecular weight is 270 g/mol. The van der Waals surface area contributed by atoms with E-state index in [2.05, 4.69) is 15.4 Å². The molecule has 0 fully saturated rings. The fourth-order valence-electron chi connectivity index (χ4n) is 1.76. The second-order valence-corrected chi connectivity index (χ2v) is 4.56. The molecule has 0 aromatic carbocycles. The van der Waals surface area contributed by atoms with E-state index >= 15 is 0 Å². The van der Waals surface area contributed by atoms with E-state index in [9.17, 15) is 5.11 Å². The summed E-state index contributed by atoms with van der Waals surface area (Å²) < 4.78 is 3.50. The third-order valence-corrected chi connectivity index (χ3v) is 3.24. The highest BCUT2D eigenvalue weighted by Crippen LogP contribution is 2.21. The Bertz CT molecular complexity index is 546. The number of rotatable bonds is 4. The molecule has 0 aliphatic heterocycles. The van der Waals surface area contributed by atoms with E-state index in [1.807, 2.05) is 18.5 Å². The maximum atomic E-state index is 9.40. The van der Waals surface area contributed by atoms with E-state index in [0.29, 0.717) is 17.3 Å². The number of hydrogen-bond donors (Lipinski definition) is 1. The average Bonchev–Trinajstić information content (AvgIpc) is 2.89. The van der Waals surface area contributed by atoms with E-state index in [1.54, 1.807) is 17.8 Å². The molecule has 0 spiro atoms. The van der Waals surface area contributed by atoms with Crippen molar-refractivity contribution in [2.75, 3.05) is 0 Å². The summed E-state index contributed by atoms with van der Waals surface area (Å²) in [5.41, 5.74) is 2.26. The minimum absolute atomic E-state index is 0.493. The van der Waals surface area contributed by atoms with Gasteiger partial charge in [0, 0.05) is 6.54 Å². The van der Waals surface area contributed by atoms with Gasteiger partial charge in [0.15, 0.2) is 0 Å². The van der Waals surface area contributed by atoms with Gasteiger partial charge in [0.2, 0.25) is 0 Å². The third kappa shape index (κ3) is 2.39. The van der Waals surface area contributed by atoms with Crippen molar-refractivity contribution >= 4 is 11.6 Å². The van der Waals surface area contributed by atoms with Crippen LogP contribution in [0.5, 0.6) is 0 Å². The van der Waals surface area contributed by atoms with Crippen LogP contribution in [0.15, 0.2) is 6.20 Å². The monoisotopic (exact) mass is 269 g/mol. The van der Waals surface area contributed by atoms with E-state index in [4.69, 9.17) is 11.6 Å². The molecule has 1 N–H and O–H groups in total. The Morgan fingerprint density at radius 3 is 2.78 bits per heavy atom. The number of aliphatic hydroxyl groups excluding tert-OH is 1. The van der Waals surface area contributed by atoms with E-state index in [-0.39, 0.29) is 0 Å². The first-order chi connectivity index (χ1) is 8.52. The Morgan fingerprint density at radius 1 is 1.50 bits per heavy atom. The van der Waals surface area contributed by atoms with Crippen LogP contribution in [0.3, 0.4) is 0 Å². The molecule has 0 bridgehead atoms. The molecule has 1 unspecified atom stereocenters. The van der Waals surface area contributed by atoms with Gasteiger partial charge >= 0.3 is 0 Å². The lowest BCUT2D eigenvalue weighted by Crippen LogP contribution is -2.08. The van der Waals surface area contributed by atoms with Crippen LogP contribution in [0.4, 0.5) is 0 Å².